The van der Waals surface area contributed by atoms with Gasteiger partial charge in [-0.1, -0.05) is 0 Å². The van der Waals surface area contributed by atoms with Crippen molar-refractivity contribution in [3.63, 3.8) is 0 Å². The van der Waals surface area contributed by atoms with Gasteiger partial charge in [0, 0.05) is 18.1 Å². The molecule has 0 radical (unpaired) electrons. The van der Waals surface area contributed by atoms with E-state index in [4.69, 9.17) is 5.73 Å². The molecule has 2 nitrogen and oxygen atoms in total. The van der Waals surface area contributed by atoms with Gasteiger partial charge in [-0.25, -0.2) is 8.78 Å². The fraction of sp³-hybridized carbons (Fsp3) is 0.167. The van der Waals surface area contributed by atoms with Crippen LogP contribution in [0.2, 0.25) is 0 Å². The van der Waals surface area contributed by atoms with Crippen LogP contribution < -0.4 is 5.73 Å². The van der Waals surface area contributed by atoms with Crippen LogP contribution in [0.25, 0.3) is 0 Å². The van der Waals surface area contributed by atoms with Crippen LogP contribution >= 0.6 is 0 Å². The molecule has 0 fully saturated rings. The Hall–Kier alpha value is -0.190. The quantitative estimate of drug-likeness (QED) is 0.634. The zero-order valence-corrected chi connectivity index (χ0v) is 5.09. The first-order chi connectivity index (χ1) is 4.72. The molecule has 0 spiro atoms. The van der Waals surface area contributed by atoms with E-state index in [9.17, 15) is 8.78 Å². The van der Waals surface area contributed by atoms with Gasteiger partial charge in [0.1, 0.15) is 0 Å². The number of alkyl halides is 2. The first-order valence-corrected chi connectivity index (χ1v) is 2.69. The molecule has 0 amide bonds. The summed E-state index contributed by atoms with van der Waals surface area (Å²) in [5, 5.41) is 0. The topological polar surface area (TPSA) is 38.9 Å². The molecule has 1 rings (SSSR count). The number of anilines is 1. The number of pyridine rings is 1. The molecule has 0 aliphatic rings. The molecule has 11 heavy (non-hydrogen) atoms. The van der Waals surface area contributed by atoms with Crippen molar-refractivity contribution < 1.29 is 8.78 Å². The Morgan fingerprint density at radius 2 is 2.09 bits per heavy atom. The Morgan fingerprint density at radius 3 is 2.45 bits per heavy atom. The van der Waals surface area contributed by atoms with E-state index in [0.29, 0.717) is 0 Å². The average Bonchev–Trinajstić information content (AvgIpc) is 1.88. The van der Waals surface area contributed by atoms with Crippen molar-refractivity contribution >= 4 is 35.2 Å². The van der Waals surface area contributed by atoms with Crippen molar-refractivity contribution in [1.29, 1.82) is 0 Å². The molecule has 0 atom stereocenters. The van der Waals surface area contributed by atoms with Gasteiger partial charge in [0.15, 0.2) is 0 Å². The van der Waals surface area contributed by atoms with Gasteiger partial charge >= 0.3 is 29.6 Å². The summed E-state index contributed by atoms with van der Waals surface area (Å²) >= 11 is 0. The summed E-state index contributed by atoms with van der Waals surface area (Å²) in [7, 11) is 0. The van der Waals surface area contributed by atoms with Crippen LogP contribution in [-0.4, -0.2) is 34.5 Å². The van der Waals surface area contributed by atoms with E-state index in [2.05, 4.69) is 4.98 Å². The van der Waals surface area contributed by atoms with Gasteiger partial charge < -0.3 is 5.73 Å². The maximum absolute atomic E-state index is 11.9. The van der Waals surface area contributed by atoms with Gasteiger partial charge in [0.05, 0.1) is 5.56 Å². The Bertz CT molecular complexity index is 230. The predicted molar refractivity (Wildman–Crippen MR) is 40.8 cm³/mol. The Labute approximate surface area is 85.1 Å². The second kappa shape index (κ2) is 4.64. The minimum absolute atomic E-state index is 0. The van der Waals surface area contributed by atoms with Crippen LogP contribution in [0.15, 0.2) is 18.5 Å². The third-order valence-electron chi connectivity index (χ3n) is 1.12. The molecular weight excluding hydrogens is 161 g/mol. The van der Waals surface area contributed by atoms with E-state index in [1.54, 1.807) is 0 Å². The molecule has 56 valence electrons. The van der Waals surface area contributed by atoms with Gasteiger partial charge in [-0.05, 0) is 6.07 Å². The SMILES string of the molecule is Nc1ccncc1C(F)F.[NaH]. The van der Waals surface area contributed by atoms with Crippen LogP contribution in [0.1, 0.15) is 12.0 Å². The normalized spacial score (nSPS) is 9.36. The van der Waals surface area contributed by atoms with Crippen molar-refractivity contribution in [2.24, 2.45) is 0 Å². The van der Waals surface area contributed by atoms with Crippen molar-refractivity contribution in [2.45, 2.75) is 6.43 Å². The summed E-state index contributed by atoms with van der Waals surface area (Å²) in [5.41, 5.74) is 5.08. The zero-order chi connectivity index (χ0) is 7.56. The fourth-order valence-electron chi connectivity index (χ4n) is 0.600. The first kappa shape index (κ1) is 10.8. The Morgan fingerprint density at radius 1 is 1.45 bits per heavy atom. The van der Waals surface area contributed by atoms with E-state index in [1.807, 2.05) is 0 Å². The summed E-state index contributed by atoms with van der Waals surface area (Å²) < 4.78 is 23.8. The number of hydrogen-bond donors (Lipinski definition) is 1. The molecule has 1 heterocycles. The maximum atomic E-state index is 11.9. The Balaban J connectivity index is 0.000001000. The van der Waals surface area contributed by atoms with Crippen molar-refractivity contribution in [2.75, 3.05) is 5.73 Å². The second-order valence-corrected chi connectivity index (χ2v) is 1.81. The summed E-state index contributed by atoms with van der Waals surface area (Å²) in [4.78, 5) is 3.51. The van der Waals surface area contributed by atoms with Crippen LogP contribution in [0.5, 0.6) is 0 Å². The monoisotopic (exact) mass is 168 g/mol. The number of halogens is 2. The molecule has 0 bridgehead atoms. The molecule has 2 N–H and O–H groups in total. The van der Waals surface area contributed by atoms with E-state index < -0.39 is 6.43 Å². The molecule has 0 saturated heterocycles. The van der Waals surface area contributed by atoms with Crippen molar-refractivity contribution in [1.82, 2.24) is 4.98 Å². The molecule has 0 aromatic carbocycles. The van der Waals surface area contributed by atoms with Gasteiger partial charge in [-0.15, -0.1) is 0 Å². The molecule has 0 unspecified atom stereocenters. The van der Waals surface area contributed by atoms with Crippen molar-refractivity contribution in [3.8, 4) is 0 Å². The zero-order valence-electron chi connectivity index (χ0n) is 5.09. The minimum atomic E-state index is -2.53. The van der Waals surface area contributed by atoms with Gasteiger partial charge in [-0.2, -0.15) is 0 Å². The van der Waals surface area contributed by atoms with Crippen LogP contribution in [0, 0.1) is 0 Å². The summed E-state index contributed by atoms with van der Waals surface area (Å²) in [6.07, 6.45) is -0.0880. The third kappa shape index (κ3) is 2.73. The third-order valence-corrected chi connectivity index (χ3v) is 1.12. The molecule has 0 aliphatic heterocycles. The van der Waals surface area contributed by atoms with Gasteiger partial charge in [0.2, 0.25) is 0 Å². The number of hydrogen-bond acceptors (Lipinski definition) is 2. The number of nitrogens with zero attached hydrogens (tertiary/aromatic N) is 1. The van der Waals surface area contributed by atoms with Gasteiger partial charge in [0.25, 0.3) is 6.43 Å². The summed E-state index contributed by atoms with van der Waals surface area (Å²) in [6, 6.07) is 1.35. The van der Waals surface area contributed by atoms with Crippen molar-refractivity contribution in [3.05, 3.63) is 24.0 Å². The Kier molecular flexibility index (Phi) is 4.56. The molecule has 1 aromatic heterocycles. The van der Waals surface area contributed by atoms with Crippen LogP contribution in [0.4, 0.5) is 14.5 Å². The number of nitrogen functional groups attached to an aromatic ring is 1. The number of nitrogens with two attached hydrogens (primary N) is 1. The van der Waals surface area contributed by atoms with Crippen LogP contribution in [0.3, 0.4) is 0 Å². The fourth-order valence-corrected chi connectivity index (χ4v) is 0.600. The van der Waals surface area contributed by atoms with Gasteiger partial charge in [-0.3, -0.25) is 4.98 Å². The van der Waals surface area contributed by atoms with E-state index >= 15 is 0 Å². The molecule has 1 aromatic rings. The standard InChI is InChI=1S/C6H6F2N2.Na.H/c7-6(8)4-3-10-2-1-5(4)9;;/h1-3,6H,(H2,9,10);;. The van der Waals surface area contributed by atoms with E-state index in [-0.39, 0.29) is 40.8 Å². The van der Waals surface area contributed by atoms with E-state index in [0.717, 1.165) is 6.20 Å². The molecule has 0 saturated carbocycles. The predicted octanol–water partition coefficient (Wildman–Crippen LogP) is 0.953. The first-order valence-electron chi connectivity index (χ1n) is 2.69. The van der Waals surface area contributed by atoms with Crippen LogP contribution in [-0.2, 0) is 0 Å². The summed E-state index contributed by atoms with van der Waals surface area (Å²) in [5.74, 6) is 0. The second-order valence-electron chi connectivity index (χ2n) is 1.81. The average molecular weight is 168 g/mol. The molecule has 5 heteroatoms. The van der Waals surface area contributed by atoms with E-state index in [1.165, 1.54) is 12.3 Å². The number of rotatable bonds is 1. The molecular formula is C6H7F2N2Na. The summed E-state index contributed by atoms with van der Waals surface area (Å²) in [6.45, 7) is 0. The number of aromatic nitrogens is 1. The molecule has 0 aliphatic carbocycles.